The van der Waals surface area contributed by atoms with E-state index < -0.39 is 0 Å². The Kier molecular flexibility index (Phi) is 2.56. The molecule has 0 atom stereocenters. The number of halogens is 1. The number of hydrogen-bond acceptors (Lipinski definition) is 2. The summed E-state index contributed by atoms with van der Waals surface area (Å²) < 4.78 is 1.63. The van der Waals surface area contributed by atoms with Crippen LogP contribution in [0.15, 0.2) is 36.7 Å². The second-order valence-electron chi connectivity index (χ2n) is 3.21. The number of Topliss-reactive ketones (excluding diaryl/α,β-unsaturated/α-hetero) is 1. The fraction of sp³-hybridized carbons (Fsp3) is 0.0909. The molecule has 0 saturated carbocycles. The Bertz CT molecular complexity index is 505. The second kappa shape index (κ2) is 3.87. The molecule has 0 aliphatic rings. The van der Waals surface area contributed by atoms with Gasteiger partial charge in [-0.1, -0.05) is 23.7 Å². The van der Waals surface area contributed by atoms with Gasteiger partial charge in [0.15, 0.2) is 5.78 Å². The Hall–Kier alpha value is -1.61. The average molecular weight is 221 g/mol. The highest BCUT2D eigenvalue weighted by Gasteiger charge is 2.02. The maximum Gasteiger partial charge on any atom is 0.159 e. The number of nitrogens with zero attached hydrogens (tertiary/aromatic N) is 2. The van der Waals surface area contributed by atoms with Crippen LogP contribution in [0.1, 0.15) is 17.3 Å². The smallest absolute Gasteiger partial charge is 0.159 e. The molecule has 0 aliphatic heterocycles. The number of benzene rings is 1. The number of carbonyl (C=O) groups is 1. The SMILES string of the molecule is CC(=O)c1cccc(-n2cc(Cl)cn2)c1. The van der Waals surface area contributed by atoms with Crippen molar-refractivity contribution in [2.75, 3.05) is 0 Å². The van der Waals surface area contributed by atoms with Gasteiger partial charge in [-0.25, -0.2) is 4.68 Å². The lowest BCUT2D eigenvalue weighted by Gasteiger charge is -2.02. The summed E-state index contributed by atoms with van der Waals surface area (Å²) in [7, 11) is 0. The molecule has 0 amide bonds. The van der Waals surface area contributed by atoms with E-state index in [9.17, 15) is 4.79 Å². The zero-order valence-electron chi connectivity index (χ0n) is 8.14. The molecule has 3 nitrogen and oxygen atoms in total. The van der Waals surface area contributed by atoms with Crippen LogP contribution in [0.5, 0.6) is 0 Å². The number of aromatic nitrogens is 2. The Morgan fingerprint density at radius 2 is 2.27 bits per heavy atom. The van der Waals surface area contributed by atoms with Crippen LogP contribution in [-0.2, 0) is 0 Å². The van der Waals surface area contributed by atoms with Crippen molar-refractivity contribution in [3.63, 3.8) is 0 Å². The average Bonchev–Trinajstić information content (AvgIpc) is 2.65. The van der Waals surface area contributed by atoms with Crippen LogP contribution >= 0.6 is 11.6 Å². The minimum Gasteiger partial charge on any atom is -0.295 e. The molecule has 0 aliphatic carbocycles. The number of rotatable bonds is 2. The quantitative estimate of drug-likeness (QED) is 0.730. The molecule has 4 heteroatoms. The van der Waals surface area contributed by atoms with E-state index >= 15 is 0 Å². The van der Waals surface area contributed by atoms with Crippen molar-refractivity contribution in [3.05, 3.63) is 47.2 Å². The van der Waals surface area contributed by atoms with Crippen molar-refractivity contribution in [2.45, 2.75) is 6.92 Å². The molecule has 1 heterocycles. The largest absolute Gasteiger partial charge is 0.295 e. The van der Waals surface area contributed by atoms with Crippen LogP contribution in [0.2, 0.25) is 5.02 Å². The van der Waals surface area contributed by atoms with Crippen LogP contribution in [0.3, 0.4) is 0 Å². The molecule has 0 saturated heterocycles. The molecule has 0 unspecified atom stereocenters. The number of ketones is 1. The Morgan fingerprint density at radius 1 is 1.47 bits per heavy atom. The lowest BCUT2D eigenvalue weighted by Crippen LogP contribution is -1.97. The highest BCUT2D eigenvalue weighted by molar-refractivity contribution is 6.30. The van der Waals surface area contributed by atoms with E-state index in [1.165, 1.54) is 6.92 Å². The van der Waals surface area contributed by atoms with Gasteiger partial charge in [-0.3, -0.25) is 4.79 Å². The zero-order chi connectivity index (χ0) is 10.8. The van der Waals surface area contributed by atoms with E-state index in [-0.39, 0.29) is 5.78 Å². The van der Waals surface area contributed by atoms with Gasteiger partial charge < -0.3 is 0 Å². The summed E-state index contributed by atoms with van der Waals surface area (Å²) >= 11 is 5.76. The molecule has 76 valence electrons. The number of hydrogen-bond donors (Lipinski definition) is 0. The van der Waals surface area contributed by atoms with Crippen LogP contribution < -0.4 is 0 Å². The van der Waals surface area contributed by atoms with Crippen molar-refractivity contribution in [1.29, 1.82) is 0 Å². The molecular formula is C11H9ClN2O. The van der Waals surface area contributed by atoms with Crippen molar-refractivity contribution in [2.24, 2.45) is 0 Å². The first-order valence-corrected chi connectivity index (χ1v) is 4.86. The minimum atomic E-state index is 0.0371. The van der Waals surface area contributed by atoms with Crippen molar-refractivity contribution >= 4 is 17.4 Å². The summed E-state index contributed by atoms with van der Waals surface area (Å²) in [5.74, 6) is 0.0371. The summed E-state index contributed by atoms with van der Waals surface area (Å²) in [5.41, 5.74) is 1.49. The van der Waals surface area contributed by atoms with E-state index in [1.807, 2.05) is 12.1 Å². The summed E-state index contributed by atoms with van der Waals surface area (Å²) in [6.07, 6.45) is 3.25. The van der Waals surface area contributed by atoms with E-state index in [0.717, 1.165) is 5.69 Å². The third-order valence-corrected chi connectivity index (χ3v) is 2.26. The lowest BCUT2D eigenvalue weighted by molar-refractivity contribution is 0.101. The van der Waals surface area contributed by atoms with E-state index in [4.69, 9.17) is 11.6 Å². The lowest BCUT2D eigenvalue weighted by atomic mass is 10.1. The molecule has 0 N–H and O–H groups in total. The molecule has 15 heavy (non-hydrogen) atoms. The monoisotopic (exact) mass is 220 g/mol. The predicted molar refractivity (Wildman–Crippen MR) is 58.6 cm³/mol. The molecule has 0 spiro atoms. The van der Waals surface area contributed by atoms with Gasteiger partial charge in [-0.15, -0.1) is 0 Å². The van der Waals surface area contributed by atoms with Crippen LogP contribution in [-0.4, -0.2) is 15.6 Å². The van der Waals surface area contributed by atoms with Gasteiger partial charge >= 0.3 is 0 Å². The molecular weight excluding hydrogens is 212 g/mol. The summed E-state index contributed by atoms with van der Waals surface area (Å²) in [6.45, 7) is 1.54. The van der Waals surface area contributed by atoms with Gasteiger partial charge in [-0.05, 0) is 19.1 Å². The van der Waals surface area contributed by atoms with E-state index in [2.05, 4.69) is 5.10 Å². The molecule has 2 rings (SSSR count). The summed E-state index contributed by atoms with van der Waals surface area (Å²) in [5, 5.41) is 4.63. The molecule has 0 fully saturated rings. The maximum atomic E-state index is 11.2. The highest BCUT2D eigenvalue weighted by atomic mass is 35.5. The summed E-state index contributed by atoms with van der Waals surface area (Å²) in [4.78, 5) is 11.2. The fourth-order valence-electron chi connectivity index (χ4n) is 1.31. The van der Waals surface area contributed by atoms with Gasteiger partial charge in [0.2, 0.25) is 0 Å². The van der Waals surface area contributed by atoms with E-state index in [1.54, 1.807) is 29.2 Å². The molecule has 0 bridgehead atoms. The van der Waals surface area contributed by atoms with Crippen LogP contribution in [0.4, 0.5) is 0 Å². The Balaban J connectivity index is 2.45. The molecule has 1 aromatic heterocycles. The topological polar surface area (TPSA) is 34.9 Å². The standard InChI is InChI=1S/C11H9ClN2O/c1-8(15)9-3-2-4-11(5-9)14-7-10(12)6-13-14/h2-7H,1H3. The molecule has 2 aromatic rings. The van der Waals surface area contributed by atoms with Gasteiger partial charge in [0, 0.05) is 11.8 Å². The third kappa shape index (κ3) is 2.07. The first-order chi connectivity index (χ1) is 7.16. The molecule has 0 radical (unpaired) electrons. The van der Waals surface area contributed by atoms with Gasteiger partial charge in [0.05, 0.1) is 16.9 Å². The first kappa shape index (κ1) is 9.93. The van der Waals surface area contributed by atoms with Gasteiger partial charge in [0.1, 0.15) is 0 Å². The van der Waals surface area contributed by atoms with Crippen LogP contribution in [0, 0.1) is 0 Å². The van der Waals surface area contributed by atoms with Crippen molar-refractivity contribution in [1.82, 2.24) is 9.78 Å². The zero-order valence-corrected chi connectivity index (χ0v) is 8.90. The maximum absolute atomic E-state index is 11.2. The second-order valence-corrected chi connectivity index (χ2v) is 3.65. The van der Waals surface area contributed by atoms with Gasteiger partial charge in [0.25, 0.3) is 0 Å². The van der Waals surface area contributed by atoms with Crippen LogP contribution in [0.25, 0.3) is 5.69 Å². The predicted octanol–water partition coefficient (Wildman–Crippen LogP) is 2.73. The highest BCUT2D eigenvalue weighted by Crippen LogP contribution is 2.13. The Labute approximate surface area is 92.3 Å². The summed E-state index contributed by atoms with van der Waals surface area (Å²) in [6, 6.07) is 7.25. The van der Waals surface area contributed by atoms with Crippen molar-refractivity contribution < 1.29 is 4.79 Å². The normalized spacial score (nSPS) is 10.3. The Morgan fingerprint density at radius 3 is 2.87 bits per heavy atom. The first-order valence-electron chi connectivity index (χ1n) is 4.48. The van der Waals surface area contributed by atoms with Gasteiger partial charge in [-0.2, -0.15) is 5.10 Å². The van der Waals surface area contributed by atoms with Crippen molar-refractivity contribution in [3.8, 4) is 5.69 Å². The fourth-order valence-corrected chi connectivity index (χ4v) is 1.45. The third-order valence-electron chi connectivity index (χ3n) is 2.07. The number of carbonyl (C=O) groups excluding carboxylic acids is 1. The minimum absolute atomic E-state index is 0.0371. The molecule has 1 aromatic carbocycles. The van der Waals surface area contributed by atoms with E-state index in [0.29, 0.717) is 10.6 Å².